The van der Waals surface area contributed by atoms with Gasteiger partial charge in [0.1, 0.15) is 6.61 Å². The first-order valence-electron chi connectivity index (χ1n) is 4.11. The zero-order chi connectivity index (χ0) is 9.10. The van der Waals surface area contributed by atoms with E-state index in [9.17, 15) is 0 Å². The van der Waals surface area contributed by atoms with Crippen LogP contribution in [0.3, 0.4) is 0 Å². The summed E-state index contributed by atoms with van der Waals surface area (Å²) in [6, 6.07) is 7.54. The highest BCUT2D eigenvalue weighted by atomic mass is 16.5. The average molecular weight is 178 g/mol. The van der Waals surface area contributed by atoms with Gasteiger partial charge in [-0.25, -0.2) is 0 Å². The number of ether oxygens (including phenoxy) is 1. The normalized spacial score (nSPS) is 10.5. The summed E-state index contributed by atoms with van der Waals surface area (Å²) in [7, 11) is 0. The molecule has 0 aliphatic carbocycles. The number of benzene rings is 1. The van der Waals surface area contributed by atoms with Crippen LogP contribution in [0, 0.1) is 0 Å². The molecule has 1 N–H and O–H groups in total. The van der Waals surface area contributed by atoms with Gasteiger partial charge in [0.25, 0.3) is 0 Å². The molecule has 0 amide bonds. The van der Waals surface area contributed by atoms with E-state index < -0.39 is 0 Å². The molecule has 13 heavy (non-hydrogen) atoms. The Morgan fingerprint density at radius 1 is 1.31 bits per heavy atom. The van der Waals surface area contributed by atoms with Crippen LogP contribution in [-0.4, -0.2) is 18.3 Å². The predicted molar refractivity (Wildman–Crippen MR) is 48.8 cm³/mol. The first-order valence-corrected chi connectivity index (χ1v) is 4.11. The molecule has 0 saturated carbocycles. The number of para-hydroxylation sites is 1. The Labute approximate surface area is 75.5 Å². The van der Waals surface area contributed by atoms with Crippen molar-refractivity contribution in [3.63, 3.8) is 0 Å². The quantitative estimate of drug-likeness (QED) is 0.779. The smallest absolute Gasteiger partial charge is 0.175 e. The average Bonchev–Trinajstić information content (AvgIpc) is 2.62. The van der Waals surface area contributed by atoms with Crippen LogP contribution >= 0.6 is 0 Å². The van der Waals surface area contributed by atoms with Crippen molar-refractivity contribution in [2.75, 3.05) is 13.2 Å². The Morgan fingerprint density at radius 3 is 3.08 bits per heavy atom. The number of hydrogen-bond acceptors (Lipinski definition) is 3. The van der Waals surface area contributed by atoms with Crippen LogP contribution in [0.2, 0.25) is 0 Å². The number of rotatable bonds is 3. The van der Waals surface area contributed by atoms with Gasteiger partial charge in [-0.1, -0.05) is 12.1 Å². The zero-order valence-electron chi connectivity index (χ0n) is 7.06. The third-order valence-corrected chi connectivity index (χ3v) is 1.79. The van der Waals surface area contributed by atoms with Gasteiger partial charge in [-0.15, -0.1) is 0 Å². The van der Waals surface area contributed by atoms with Crippen molar-refractivity contribution in [1.82, 2.24) is 0 Å². The molecule has 1 aromatic carbocycles. The monoisotopic (exact) mass is 178 g/mol. The number of hydrogen-bond donors (Lipinski definition) is 1. The van der Waals surface area contributed by atoms with Gasteiger partial charge in [-0.2, -0.15) is 0 Å². The highest BCUT2D eigenvalue weighted by Crippen LogP contribution is 2.25. The maximum atomic E-state index is 8.59. The van der Waals surface area contributed by atoms with Gasteiger partial charge in [0.15, 0.2) is 11.3 Å². The fraction of sp³-hybridized carbons (Fsp3) is 0.200. The molecule has 0 radical (unpaired) electrons. The summed E-state index contributed by atoms with van der Waals surface area (Å²) in [6.45, 7) is 0.302. The fourth-order valence-corrected chi connectivity index (χ4v) is 1.23. The van der Waals surface area contributed by atoms with E-state index in [1.807, 2.05) is 24.3 Å². The van der Waals surface area contributed by atoms with Gasteiger partial charge in [-0.3, -0.25) is 0 Å². The molecule has 3 heteroatoms. The molecule has 0 aliphatic rings. The summed E-state index contributed by atoms with van der Waals surface area (Å²) in [5.41, 5.74) is 0.732. The first-order chi connectivity index (χ1) is 6.42. The van der Waals surface area contributed by atoms with E-state index in [1.54, 1.807) is 6.26 Å². The minimum absolute atomic E-state index is 0.0110. The minimum Gasteiger partial charge on any atom is -0.487 e. The van der Waals surface area contributed by atoms with Gasteiger partial charge >= 0.3 is 0 Å². The SMILES string of the molecule is OCCOc1cccc2ccoc12. The lowest BCUT2D eigenvalue weighted by atomic mass is 10.2. The molecule has 0 bridgehead atoms. The number of aliphatic hydroxyl groups excluding tert-OH is 1. The van der Waals surface area contributed by atoms with Crippen molar-refractivity contribution in [2.45, 2.75) is 0 Å². The topological polar surface area (TPSA) is 42.6 Å². The van der Waals surface area contributed by atoms with Crippen molar-refractivity contribution in [1.29, 1.82) is 0 Å². The lowest BCUT2D eigenvalue weighted by Gasteiger charge is -2.03. The van der Waals surface area contributed by atoms with Crippen LogP contribution in [0.4, 0.5) is 0 Å². The maximum absolute atomic E-state index is 8.59. The van der Waals surface area contributed by atoms with Crippen LogP contribution in [-0.2, 0) is 0 Å². The summed E-state index contributed by atoms with van der Waals surface area (Å²) in [5.74, 6) is 0.677. The Morgan fingerprint density at radius 2 is 2.23 bits per heavy atom. The maximum Gasteiger partial charge on any atom is 0.175 e. The van der Waals surface area contributed by atoms with E-state index in [-0.39, 0.29) is 6.61 Å². The molecule has 0 spiro atoms. The molecular formula is C10H10O3. The third kappa shape index (κ3) is 1.51. The summed E-state index contributed by atoms with van der Waals surface area (Å²) < 4.78 is 10.5. The standard InChI is InChI=1S/C10H10O3/c11-5-7-12-9-3-1-2-8-4-6-13-10(8)9/h1-4,6,11H,5,7H2. The molecule has 0 saturated heterocycles. The van der Waals surface area contributed by atoms with Crippen LogP contribution < -0.4 is 4.74 Å². The van der Waals surface area contributed by atoms with Crippen LogP contribution in [0.5, 0.6) is 5.75 Å². The summed E-state index contributed by atoms with van der Waals surface area (Å²) >= 11 is 0. The molecular weight excluding hydrogens is 168 g/mol. The molecule has 2 rings (SSSR count). The number of furan rings is 1. The minimum atomic E-state index is 0.0110. The molecule has 1 aromatic heterocycles. The van der Waals surface area contributed by atoms with Crippen molar-refractivity contribution in [2.24, 2.45) is 0 Å². The highest BCUT2D eigenvalue weighted by Gasteiger charge is 2.03. The Hall–Kier alpha value is -1.48. The van der Waals surface area contributed by atoms with E-state index >= 15 is 0 Å². The Bertz CT molecular complexity index is 392. The van der Waals surface area contributed by atoms with Crippen LogP contribution in [0.1, 0.15) is 0 Å². The second-order valence-electron chi connectivity index (χ2n) is 2.67. The van der Waals surface area contributed by atoms with Crippen molar-refractivity contribution >= 4 is 11.0 Å². The van der Waals surface area contributed by atoms with Crippen molar-refractivity contribution in [3.05, 3.63) is 30.5 Å². The highest BCUT2D eigenvalue weighted by molar-refractivity contribution is 5.82. The van der Waals surface area contributed by atoms with Gasteiger partial charge in [0.05, 0.1) is 12.9 Å². The van der Waals surface area contributed by atoms with Gasteiger partial charge in [0, 0.05) is 5.39 Å². The summed E-state index contributed by atoms with van der Waals surface area (Å²) in [4.78, 5) is 0. The Balaban J connectivity index is 2.37. The van der Waals surface area contributed by atoms with Gasteiger partial charge < -0.3 is 14.3 Å². The third-order valence-electron chi connectivity index (χ3n) is 1.79. The molecule has 0 aliphatic heterocycles. The predicted octanol–water partition coefficient (Wildman–Crippen LogP) is 1.80. The molecule has 68 valence electrons. The van der Waals surface area contributed by atoms with E-state index in [4.69, 9.17) is 14.3 Å². The van der Waals surface area contributed by atoms with Crippen LogP contribution in [0.25, 0.3) is 11.0 Å². The van der Waals surface area contributed by atoms with E-state index in [1.165, 1.54) is 0 Å². The van der Waals surface area contributed by atoms with Crippen LogP contribution in [0.15, 0.2) is 34.9 Å². The van der Waals surface area contributed by atoms with Gasteiger partial charge in [-0.05, 0) is 12.1 Å². The summed E-state index contributed by atoms with van der Waals surface area (Å²) in [5, 5.41) is 9.60. The number of aliphatic hydroxyl groups is 1. The fourth-order valence-electron chi connectivity index (χ4n) is 1.23. The van der Waals surface area contributed by atoms with Crippen molar-refractivity contribution in [3.8, 4) is 5.75 Å². The second-order valence-corrected chi connectivity index (χ2v) is 2.67. The number of fused-ring (bicyclic) bond motifs is 1. The lowest BCUT2D eigenvalue weighted by Crippen LogP contribution is -2.01. The zero-order valence-corrected chi connectivity index (χ0v) is 7.06. The molecule has 0 fully saturated rings. The molecule has 0 atom stereocenters. The Kier molecular flexibility index (Phi) is 2.19. The summed E-state index contributed by atoms with van der Waals surface area (Å²) in [6.07, 6.45) is 1.62. The van der Waals surface area contributed by atoms with E-state index in [0.717, 1.165) is 11.0 Å². The van der Waals surface area contributed by atoms with Gasteiger partial charge in [0.2, 0.25) is 0 Å². The van der Waals surface area contributed by atoms with Crippen molar-refractivity contribution < 1.29 is 14.3 Å². The lowest BCUT2D eigenvalue weighted by molar-refractivity contribution is 0.201. The largest absolute Gasteiger partial charge is 0.487 e. The molecule has 3 nitrogen and oxygen atoms in total. The molecule has 1 heterocycles. The second kappa shape index (κ2) is 3.49. The first kappa shape index (κ1) is 8.13. The molecule has 2 aromatic rings. The van der Waals surface area contributed by atoms with E-state index in [2.05, 4.69) is 0 Å². The molecule has 0 unspecified atom stereocenters. The van der Waals surface area contributed by atoms with E-state index in [0.29, 0.717) is 12.4 Å².